The number of anilines is 1. The standard InChI is InChI=1S/C32H29N3O4S/c33-26-16-17-28-25(20-26)22-35(18-19-40(37,38)27-14-8-3-9-15-27)31(36)32(21-23-10-4-1-5-11-23)29(28)39-30(34-32)24-12-6-2-7-13-24/h1-17,20,29H,18-19,21-22,33H2/t29-,32-/m0/s1. The molecule has 4 aromatic rings. The van der Waals surface area contributed by atoms with Gasteiger partial charge in [-0.15, -0.1) is 0 Å². The summed E-state index contributed by atoms with van der Waals surface area (Å²) in [5.74, 6) is -0.107. The molecule has 2 aliphatic heterocycles. The Balaban J connectivity index is 1.46. The number of nitrogens with two attached hydrogens (primary N) is 1. The van der Waals surface area contributed by atoms with Crippen LogP contribution in [0.4, 0.5) is 5.69 Å². The molecule has 8 heteroatoms. The highest BCUT2D eigenvalue weighted by Crippen LogP contribution is 2.47. The molecule has 2 heterocycles. The molecule has 0 fully saturated rings. The highest BCUT2D eigenvalue weighted by Gasteiger charge is 2.56. The quantitative estimate of drug-likeness (QED) is 0.339. The molecule has 4 aromatic carbocycles. The van der Waals surface area contributed by atoms with Gasteiger partial charge in [0.1, 0.15) is 0 Å². The molecule has 202 valence electrons. The maximum atomic E-state index is 14.6. The van der Waals surface area contributed by atoms with Crippen LogP contribution in [0.1, 0.15) is 28.4 Å². The van der Waals surface area contributed by atoms with Gasteiger partial charge in [-0.2, -0.15) is 0 Å². The number of hydrogen-bond acceptors (Lipinski definition) is 6. The molecular weight excluding hydrogens is 522 g/mol. The van der Waals surface area contributed by atoms with Gasteiger partial charge in [0, 0.05) is 36.3 Å². The third-order valence-corrected chi connectivity index (χ3v) is 9.21. The second-order valence-corrected chi connectivity index (χ2v) is 12.3. The Labute approximate surface area is 233 Å². The van der Waals surface area contributed by atoms with E-state index in [1.807, 2.05) is 72.8 Å². The lowest BCUT2D eigenvalue weighted by Crippen LogP contribution is -2.50. The number of benzene rings is 4. The normalized spacial score (nSPS) is 20.2. The highest BCUT2D eigenvalue weighted by molar-refractivity contribution is 7.91. The van der Waals surface area contributed by atoms with E-state index in [4.69, 9.17) is 15.5 Å². The van der Waals surface area contributed by atoms with Gasteiger partial charge in [-0.1, -0.05) is 72.8 Å². The molecule has 0 radical (unpaired) electrons. The molecule has 2 aliphatic rings. The lowest BCUT2D eigenvalue weighted by atomic mass is 9.81. The van der Waals surface area contributed by atoms with Crippen LogP contribution in [0.3, 0.4) is 0 Å². The van der Waals surface area contributed by atoms with Crippen LogP contribution in [0.25, 0.3) is 0 Å². The van der Waals surface area contributed by atoms with E-state index < -0.39 is 21.5 Å². The number of ether oxygens (including phenoxy) is 1. The molecule has 2 N–H and O–H groups in total. The number of nitrogens with zero attached hydrogens (tertiary/aromatic N) is 2. The first-order valence-corrected chi connectivity index (χ1v) is 14.8. The maximum Gasteiger partial charge on any atom is 0.255 e. The summed E-state index contributed by atoms with van der Waals surface area (Å²) in [6.45, 7) is 0.208. The van der Waals surface area contributed by atoms with E-state index in [1.165, 1.54) is 0 Å². The first kappa shape index (κ1) is 25.8. The summed E-state index contributed by atoms with van der Waals surface area (Å²) in [5, 5.41) is 0. The van der Waals surface area contributed by atoms with Crippen LogP contribution in [-0.2, 0) is 32.3 Å². The Kier molecular flexibility index (Phi) is 6.64. The van der Waals surface area contributed by atoms with Gasteiger partial charge in [-0.05, 0) is 47.5 Å². The van der Waals surface area contributed by atoms with Gasteiger partial charge in [0.15, 0.2) is 21.5 Å². The molecule has 0 spiro atoms. The summed E-state index contributed by atoms with van der Waals surface area (Å²) in [6.07, 6.45) is -0.416. The molecule has 0 aromatic heterocycles. The zero-order chi connectivity index (χ0) is 27.7. The lowest BCUT2D eigenvalue weighted by Gasteiger charge is -2.32. The molecule has 40 heavy (non-hydrogen) atoms. The summed E-state index contributed by atoms with van der Waals surface area (Å²) in [6, 6.07) is 33.1. The van der Waals surface area contributed by atoms with Crippen molar-refractivity contribution in [3.63, 3.8) is 0 Å². The number of carbonyl (C=O) groups is 1. The molecular formula is C32H29N3O4S. The van der Waals surface area contributed by atoms with Crippen LogP contribution in [-0.4, -0.2) is 43.0 Å². The van der Waals surface area contributed by atoms with Crippen molar-refractivity contribution in [3.05, 3.63) is 131 Å². The second-order valence-electron chi connectivity index (χ2n) is 10.2. The van der Waals surface area contributed by atoms with Crippen LogP contribution in [0, 0.1) is 0 Å². The van der Waals surface area contributed by atoms with E-state index >= 15 is 0 Å². The van der Waals surface area contributed by atoms with Crippen LogP contribution in [0.5, 0.6) is 0 Å². The number of hydrogen-bond donors (Lipinski definition) is 1. The van der Waals surface area contributed by atoms with Crippen molar-refractivity contribution in [1.82, 2.24) is 4.90 Å². The van der Waals surface area contributed by atoms with Gasteiger partial charge in [0.05, 0.1) is 10.6 Å². The zero-order valence-corrected chi connectivity index (χ0v) is 22.6. The minimum Gasteiger partial charge on any atom is -0.466 e. The average molecular weight is 552 g/mol. The van der Waals surface area contributed by atoms with Gasteiger partial charge in [0.25, 0.3) is 5.91 Å². The zero-order valence-electron chi connectivity index (χ0n) is 21.8. The molecule has 0 aliphatic carbocycles. The molecule has 0 unspecified atom stereocenters. The summed E-state index contributed by atoms with van der Waals surface area (Å²) in [4.78, 5) is 21.5. The Morgan fingerprint density at radius 2 is 1.55 bits per heavy atom. The predicted molar refractivity (Wildman–Crippen MR) is 154 cm³/mol. The summed E-state index contributed by atoms with van der Waals surface area (Å²) >= 11 is 0. The second kappa shape index (κ2) is 10.3. The fourth-order valence-corrected chi connectivity index (χ4v) is 6.78. The molecule has 1 amide bonds. The van der Waals surface area contributed by atoms with Crippen molar-refractivity contribution in [2.45, 2.75) is 29.5 Å². The minimum atomic E-state index is -3.62. The van der Waals surface area contributed by atoms with E-state index in [-0.39, 0.29) is 29.6 Å². The molecule has 0 saturated heterocycles. The molecule has 6 rings (SSSR count). The van der Waals surface area contributed by atoms with Gasteiger partial charge < -0.3 is 15.4 Å². The fraction of sp³-hybridized carbons (Fsp3) is 0.188. The Hall–Kier alpha value is -4.43. The van der Waals surface area contributed by atoms with Crippen LogP contribution >= 0.6 is 0 Å². The SMILES string of the molecule is Nc1ccc2c(c1)CN(CCS(=O)(=O)c1ccccc1)C(=O)[C@@]1(Cc3ccccc3)N=C(c3ccccc3)O[C@@H]21. The molecule has 2 atom stereocenters. The summed E-state index contributed by atoms with van der Waals surface area (Å²) in [7, 11) is -3.62. The van der Waals surface area contributed by atoms with Crippen molar-refractivity contribution in [2.75, 3.05) is 18.0 Å². The van der Waals surface area contributed by atoms with E-state index in [1.54, 1.807) is 41.3 Å². The number of fused-ring (bicyclic) bond motifs is 3. The van der Waals surface area contributed by atoms with Crippen molar-refractivity contribution < 1.29 is 17.9 Å². The lowest BCUT2D eigenvalue weighted by molar-refractivity contribution is -0.139. The minimum absolute atomic E-state index is 0.00372. The number of sulfone groups is 1. The Morgan fingerprint density at radius 1 is 0.900 bits per heavy atom. The van der Waals surface area contributed by atoms with Crippen molar-refractivity contribution >= 4 is 27.3 Å². The number of amides is 1. The number of nitrogen functional groups attached to an aromatic ring is 1. The van der Waals surface area contributed by atoms with E-state index in [0.717, 1.165) is 22.3 Å². The van der Waals surface area contributed by atoms with Gasteiger partial charge in [0.2, 0.25) is 5.90 Å². The van der Waals surface area contributed by atoms with E-state index in [0.29, 0.717) is 18.0 Å². The van der Waals surface area contributed by atoms with Crippen molar-refractivity contribution in [3.8, 4) is 0 Å². The largest absolute Gasteiger partial charge is 0.466 e. The van der Waals surface area contributed by atoms with E-state index in [9.17, 15) is 13.2 Å². The van der Waals surface area contributed by atoms with Crippen LogP contribution in [0.15, 0.2) is 119 Å². The Morgan fingerprint density at radius 3 is 2.25 bits per heavy atom. The fourth-order valence-electron chi connectivity index (χ4n) is 5.51. The number of carbonyl (C=O) groups excluding carboxylic acids is 1. The van der Waals surface area contributed by atoms with Crippen LogP contribution in [0.2, 0.25) is 0 Å². The van der Waals surface area contributed by atoms with Gasteiger partial charge in [-0.3, -0.25) is 4.79 Å². The maximum absolute atomic E-state index is 14.6. The highest BCUT2D eigenvalue weighted by atomic mass is 32.2. The van der Waals surface area contributed by atoms with Crippen LogP contribution < -0.4 is 5.73 Å². The van der Waals surface area contributed by atoms with E-state index in [2.05, 4.69) is 0 Å². The monoisotopic (exact) mass is 551 g/mol. The summed E-state index contributed by atoms with van der Waals surface area (Å²) < 4.78 is 32.9. The predicted octanol–water partition coefficient (Wildman–Crippen LogP) is 4.58. The van der Waals surface area contributed by atoms with Crippen molar-refractivity contribution in [1.29, 1.82) is 0 Å². The molecule has 7 nitrogen and oxygen atoms in total. The molecule has 0 saturated carbocycles. The third-order valence-electron chi connectivity index (χ3n) is 7.50. The third kappa shape index (κ3) is 4.75. The smallest absolute Gasteiger partial charge is 0.255 e. The topological polar surface area (TPSA) is 102 Å². The summed E-state index contributed by atoms with van der Waals surface area (Å²) in [5.41, 5.74) is 8.74. The van der Waals surface area contributed by atoms with Gasteiger partial charge >= 0.3 is 0 Å². The first-order valence-electron chi connectivity index (χ1n) is 13.2. The number of aliphatic imine (C=N–C) groups is 1. The first-order chi connectivity index (χ1) is 19.4. The molecule has 0 bridgehead atoms. The Bertz CT molecular complexity index is 1680. The van der Waals surface area contributed by atoms with Crippen molar-refractivity contribution in [2.24, 2.45) is 4.99 Å². The van der Waals surface area contributed by atoms with Gasteiger partial charge in [-0.25, -0.2) is 13.4 Å². The average Bonchev–Trinajstić information content (AvgIpc) is 3.33. The number of rotatable bonds is 7.